The number of nitrogens with one attached hydrogen (secondary N) is 1. The molecule has 0 saturated carbocycles. The van der Waals surface area contributed by atoms with Crippen LogP contribution in [0.15, 0.2) is 47.1 Å². The van der Waals surface area contributed by atoms with Crippen molar-refractivity contribution in [1.82, 2.24) is 15.3 Å². The van der Waals surface area contributed by atoms with E-state index in [9.17, 15) is 0 Å². The second kappa shape index (κ2) is 4.58. The predicted molar refractivity (Wildman–Crippen MR) is 70.0 cm³/mol. The van der Waals surface area contributed by atoms with Gasteiger partial charge in [-0.15, -0.1) is 0 Å². The molecule has 0 saturated heterocycles. The molecule has 0 unspecified atom stereocenters. The lowest BCUT2D eigenvalue weighted by Crippen LogP contribution is -2.04. The number of oxazole rings is 1. The smallest absolute Gasteiger partial charge is 0.227 e. The van der Waals surface area contributed by atoms with Gasteiger partial charge in [-0.3, -0.25) is 4.98 Å². The van der Waals surface area contributed by atoms with E-state index < -0.39 is 0 Å². The minimum Gasteiger partial charge on any atom is -0.436 e. The largest absolute Gasteiger partial charge is 0.436 e. The van der Waals surface area contributed by atoms with Gasteiger partial charge in [0, 0.05) is 24.5 Å². The quantitative estimate of drug-likeness (QED) is 0.763. The third kappa shape index (κ3) is 1.98. The average Bonchev–Trinajstić information content (AvgIpc) is 2.83. The first-order valence-corrected chi connectivity index (χ1v) is 5.81. The lowest BCUT2D eigenvalue weighted by molar-refractivity contribution is 0.619. The van der Waals surface area contributed by atoms with Gasteiger partial charge in [-0.05, 0) is 36.9 Å². The first kappa shape index (κ1) is 10.9. The van der Waals surface area contributed by atoms with Crippen LogP contribution in [0.1, 0.15) is 5.56 Å². The Morgan fingerprint density at radius 1 is 1.17 bits per heavy atom. The Bertz CT molecular complexity index is 661. The predicted octanol–water partition coefficient (Wildman–Crippen LogP) is 2.61. The van der Waals surface area contributed by atoms with Crippen molar-refractivity contribution < 1.29 is 4.42 Å². The third-order valence-corrected chi connectivity index (χ3v) is 2.76. The number of nitrogens with zero attached hydrogens (tertiary/aromatic N) is 2. The molecule has 0 bridgehead atoms. The highest BCUT2D eigenvalue weighted by Crippen LogP contribution is 2.24. The van der Waals surface area contributed by atoms with Crippen LogP contribution in [0.25, 0.3) is 22.6 Å². The van der Waals surface area contributed by atoms with Crippen LogP contribution >= 0.6 is 0 Å². The fraction of sp³-hybridized carbons (Fsp3) is 0.143. The molecule has 90 valence electrons. The zero-order chi connectivity index (χ0) is 12.4. The number of fused-ring (bicyclic) bond motifs is 1. The van der Waals surface area contributed by atoms with E-state index in [4.69, 9.17) is 4.42 Å². The van der Waals surface area contributed by atoms with Crippen LogP contribution in [0.4, 0.5) is 0 Å². The van der Waals surface area contributed by atoms with Crippen molar-refractivity contribution >= 4 is 11.1 Å². The van der Waals surface area contributed by atoms with Crippen molar-refractivity contribution in [3.63, 3.8) is 0 Å². The maximum atomic E-state index is 5.77. The Morgan fingerprint density at radius 3 is 2.78 bits per heavy atom. The summed E-state index contributed by atoms with van der Waals surface area (Å²) in [6.07, 6.45) is 3.47. The van der Waals surface area contributed by atoms with Gasteiger partial charge >= 0.3 is 0 Å². The van der Waals surface area contributed by atoms with Crippen molar-refractivity contribution in [2.45, 2.75) is 6.54 Å². The number of hydrogen-bond donors (Lipinski definition) is 1. The van der Waals surface area contributed by atoms with Gasteiger partial charge < -0.3 is 9.73 Å². The van der Waals surface area contributed by atoms with Gasteiger partial charge in [0.05, 0.1) is 0 Å². The molecule has 3 aromatic rings. The van der Waals surface area contributed by atoms with E-state index in [0.717, 1.165) is 23.2 Å². The molecule has 2 heterocycles. The second-order valence-corrected chi connectivity index (χ2v) is 4.09. The van der Waals surface area contributed by atoms with Crippen molar-refractivity contribution in [1.29, 1.82) is 0 Å². The van der Waals surface area contributed by atoms with E-state index >= 15 is 0 Å². The minimum absolute atomic E-state index is 0.633. The fourth-order valence-corrected chi connectivity index (χ4v) is 1.90. The molecule has 3 rings (SSSR count). The van der Waals surface area contributed by atoms with E-state index in [-0.39, 0.29) is 0 Å². The van der Waals surface area contributed by atoms with Crippen molar-refractivity contribution in [2.75, 3.05) is 7.05 Å². The highest BCUT2D eigenvalue weighted by Gasteiger charge is 2.08. The summed E-state index contributed by atoms with van der Waals surface area (Å²) in [4.78, 5) is 8.45. The molecule has 0 aliphatic heterocycles. The van der Waals surface area contributed by atoms with Crippen LogP contribution in [0, 0.1) is 0 Å². The molecular formula is C14H13N3O. The minimum atomic E-state index is 0.633. The lowest BCUT2D eigenvalue weighted by Gasteiger charge is -1.97. The maximum Gasteiger partial charge on any atom is 0.227 e. The fourth-order valence-electron chi connectivity index (χ4n) is 1.90. The van der Waals surface area contributed by atoms with Crippen molar-refractivity contribution in [3.8, 4) is 11.5 Å². The van der Waals surface area contributed by atoms with Gasteiger partial charge in [-0.1, -0.05) is 6.07 Å². The first-order valence-electron chi connectivity index (χ1n) is 5.81. The van der Waals surface area contributed by atoms with Crippen LogP contribution in [0.2, 0.25) is 0 Å². The van der Waals surface area contributed by atoms with Gasteiger partial charge in [0.2, 0.25) is 5.89 Å². The summed E-state index contributed by atoms with van der Waals surface area (Å²) in [7, 11) is 1.92. The van der Waals surface area contributed by atoms with E-state index in [2.05, 4.69) is 21.4 Å². The van der Waals surface area contributed by atoms with Crippen LogP contribution in [-0.4, -0.2) is 17.0 Å². The Kier molecular flexibility index (Phi) is 2.78. The zero-order valence-corrected chi connectivity index (χ0v) is 10.1. The van der Waals surface area contributed by atoms with E-state index in [0.29, 0.717) is 5.89 Å². The Hall–Kier alpha value is -2.20. The Balaban J connectivity index is 2.06. The third-order valence-electron chi connectivity index (χ3n) is 2.76. The molecule has 0 spiro atoms. The van der Waals surface area contributed by atoms with Gasteiger partial charge in [0.25, 0.3) is 0 Å². The number of pyridine rings is 1. The molecule has 0 aliphatic rings. The summed E-state index contributed by atoms with van der Waals surface area (Å²) in [6.45, 7) is 0.821. The highest BCUT2D eigenvalue weighted by atomic mass is 16.3. The summed E-state index contributed by atoms with van der Waals surface area (Å²) >= 11 is 0. The molecule has 2 aromatic heterocycles. The number of hydrogen-bond acceptors (Lipinski definition) is 4. The number of benzene rings is 1. The lowest BCUT2D eigenvalue weighted by atomic mass is 10.2. The second-order valence-electron chi connectivity index (χ2n) is 4.09. The molecule has 0 fully saturated rings. The number of rotatable bonds is 3. The zero-order valence-electron chi connectivity index (χ0n) is 10.1. The van der Waals surface area contributed by atoms with Crippen molar-refractivity contribution in [3.05, 3.63) is 48.3 Å². The summed E-state index contributed by atoms with van der Waals surface area (Å²) in [5.41, 5.74) is 3.81. The molecule has 4 heteroatoms. The standard InChI is InChI=1S/C14H13N3O/c1-15-9-10-2-3-12-13(8-10)18-14(17-12)11-4-6-16-7-5-11/h2-8,15H,9H2,1H3. The highest BCUT2D eigenvalue weighted by molar-refractivity contribution is 5.76. The van der Waals surface area contributed by atoms with Crippen LogP contribution in [0.5, 0.6) is 0 Å². The molecule has 1 aromatic carbocycles. The molecule has 18 heavy (non-hydrogen) atoms. The molecule has 0 aliphatic carbocycles. The van der Waals surface area contributed by atoms with Crippen molar-refractivity contribution in [2.24, 2.45) is 0 Å². The van der Waals surface area contributed by atoms with Gasteiger partial charge in [0.1, 0.15) is 5.52 Å². The monoisotopic (exact) mass is 239 g/mol. The van der Waals surface area contributed by atoms with Gasteiger partial charge in [0.15, 0.2) is 5.58 Å². The topological polar surface area (TPSA) is 51.0 Å². The summed E-state index contributed by atoms with van der Waals surface area (Å²) in [5.74, 6) is 0.633. The Labute approximate surface area is 105 Å². The Morgan fingerprint density at radius 2 is 2.00 bits per heavy atom. The van der Waals surface area contributed by atoms with E-state index in [1.807, 2.05) is 31.3 Å². The number of aromatic nitrogens is 2. The van der Waals surface area contributed by atoms with Crippen LogP contribution in [-0.2, 0) is 6.54 Å². The molecule has 0 atom stereocenters. The first-order chi connectivity index (χ1) is 8.86. The molecular weight excluding hydrogens is 226 g/mol. The van der Waals surface area contributed by atoms with E-state index in [1.165, 1.54) is 5.56 Å². The summed E-state index contributed by atoms with van der Waals surface area (Å²) < 4.78 is 5.77. The van der Waals surface area contributed by atoms with Gasteiger partial charge in [-0.2, -0.15) is 0 Å². The van der Waals surface area contributed by atoms with Gasteiger partial charge in [-0.25, -0.2) is 4.98 Å². The molecule has 4 nitrogen and oxygen atoms in total. The average molecular weight is 239 g/mol. The van der Waals surface area contributed by atoms with Crippen LogP contribution in [0.3, 0.4) is 0 Å². The normalized spacial score (nSPS) is 10.9. The molecule has 0 amide bonds. The van der Waals surface area contributed by atoms with E-state index in [1.54, 1.807) is 12.4 Å². The summed E-state index contributed by atoms with van der Waals surface area (Å²) in [6, 6.07) is 9.83. The SMILES string of the molecule is CNCc1ccc2nc(-c3ccncc3)oc2c1. The molecule has 1 N–H and O–H groups in total. The van der Waals surface area contributed by atoms with Crippen LogP contribution < -0.4 is 5.32 Å². The maximum absolute atomic E-state index is 5.77. The molecule has 0 radical (unpaired) electrons. The summed E-state index contributed by atoms with van der Waals surface area (Å²) in [5, 5.41) is 3.12.